The van der Waals surface area contributed by atoms with E-state index in [0.29, 0.717) is 12.2 Å². The number of nitrogens with one attached hydrogen (secondary N) is 1. The summed E-state index contributed by atoms with van der Waals surface area (Å²) in [5, 5.41) is 7.41. The van der Waals surface area contributed by atoms with Gasteiger partial charge in [-0.3, -0.25) is 9.69 Å². The highest BCUT2D eigenvalue weighted by Gasteiger charge is 2.17. The van der Waals surface area contributed by atoms with Gasteiger partial charge in [-0.05, 0) is 49.2 Å². The first-order valence-electron chi connectivity index (χ1n) is 9.76. The Labute approximate surface area is 179 Å². The predicted octanol–water partition coefficient (Wildman–Crippen LogP) is 4.70. The van der Waals surface area contributed by atoms with Crippen LogP contribution in [0.2, 0.25) is 5.02 Å². The van der Waals surface area contributed by atoms with E-state index in [1.54, 1.807) is 0 Å². The number of halogens is 2. The van der Waals surface area contributed by atoms with Crippen LogP contribution in [-0.2, 0) is 4.79 Å². The number of amides is 1. The van der Waals surface area contributed by atoms with Crippen molar-refractivity contribution in [2.45, 2.75) is 13.3 Å². The largest absolute Gasteiger partial charge is 0.324 e. The van der Waals surface area contributed by atoms with Gasteiger partial charge >= 0.3 is 0 Å². The molecular weight excluding hydrogens is 403 g/mol. The molecule has 1 aromatic heterocycles. The number of aromatic nitrogens is 2. The minimum absolute atomic E-state index is 0.174. The van der Waals surface area contributed by atoms with Crippen molar-refractivity contribution in [2.75, 3.05) is 25.0 Å². The number of rotatable bonds is 5. The summed E-state index contributed by atoms with van der Waals surface area (Å²) in [7, 11) is 0. The third kappa shape index (κ3) is 4.78. The maximum Gasteiger partial charge on any atom is 0.238 e. The Kier molecular flexibility index (Phi) is 5.97. The summed E-state index contributed by atoms with van der Waals surface area (Å²) in [6.07, 6.45) is 6.89. The zero-order valence-electron chi connectivity index (χ0n) is 16.6. The van der Waals surface area contributed by atoms with Gasteiger partial charge in [-0.1, -0.05) is 35.4 Å². The Hall–Kier alpha value is -2.96. The van der Waals surface area contributed by atoms with Crippen LogP contribution in [0.1, 0.15) is 17.5 Å². The summed E-state index contributed by atoms with van der Waals surface area (Å²) in [6.45, 7) is 3.76. The second-order valence-corrected chi connectivity index (χ2v) is 7.80. The first-order valence-corrected chi connectivity index (χ1v) is 10.1. The van der Waals surface area contributed by atoms with Crippen LogP contribution in [0, 0.1) is 12.7 Å². The molecule has 1 N–H and O–H groups in total. The molecule has 0 aliphatic carbocycles. The van der Waals surface area contributed by atoms with Crippen LogP contribution in [0.15, 0.2) is 60.9 Å². The summed E-state index contributed by atoms with van der Waals surface area (Å²) in [5.41, 5.74) is 4.98. The molecule has 0 bridgehead atoms. The third-order valence-corrected chi connectivity index (χ3v) is 5.43. The molecule has 4 rings (SSSR count). The number of anilines is 1. The number of aryl methyl sites for hydroxylation is 1. The quantitative estimate of drug-likeness (QED) is 0.645. The minimum Gasteiger partial charge on any atom is -0.324 e. The third-order valence-electron chi connectivity index (χ3n) is 5.12. The van der Waals surface area contributed by atoms with Gasteiger partial charge in [0.15, 0.2) is 0 Å². The second-order valence-electron chi connectivity index (χ2n) is 7.40. The molecular formula is C23H22ClFN4O. The molecule has 7 heteroatoms. The molecule has 2 aromatic carbocycles. The Morgan fingerprint density at radius 3 is 2.73 bits per heavy atom. The summed E-state index contributed by atoms with van der Waals surface area (Å²) in [6, 6.07) is 12.2. The highest BCUT2D eigenvalue weighted by molar-refractivity contribution is 6.33. The number of hydrogen-bond donors (Lipinski definition) is 1. The van der Waals surface area contributed by atoms with Gasteiger partial charge in [-0.2, -0.15) is 5.10 Å². The van der Waals surface area contributed by atoms with Gasteiger partial charge < -0.3 is 5.32 Å². The zero-order valence-corrected chi connectivity index (χ0v) is 17.4. The first-order chi connectivity index (χ1) is 14.5. The lowest BCUT2D eigenvalue weighted by Gasteiger charge is -2.25. The van der Waals surface area contributed by atoms with E-state index in [-0.39, 0.29) is 17.5 Å². The van der Waals surface area contributed by atoms with Crippen molar-refractivity contribution in [3.05, 3.63) is 82.9 Å². The van der Waals surface area contributed by atoms with E-state index >= 15 is 0 Å². The van der Waals surface area contributed by atoms with E-state index in [1.807, 2.05) is 17.1 Å². The summed E-state index contributed by atoms with van der Waals surface area (Å²) in [4.78, 5) is 14.4. The van der Waals surface area contributed by atoms with E-state index in [0.717, 1.165) is 24.2 Å². The molecule has 3 aromatic rings. The van der Waals surface area contributed by atoms with Crippen molar-refractivity contribution in [3.63, 3.8) is 0 Å². The topological polar surface area (TPSA) is 50.2 Å². The highest BCUT2D eigenvalue weighted by Crippen LogP contribution is 2.24. The van der Waals surface area contributed by atoms with Crippen LogP contribution < -0.4 is 5.32 Å². The summed E-state index contributed by atoms with van der Waals surface area (Å²) in [5.74, 6) is -0.607. The van der Waals surface area contributed by atoms with E-state index in [4.69, 9.17) is 11.6 Å². The van der Waals surface area contributed by atoms with Crippen LogP contribution in [-0.4, -0.2) is 40.2 Å². The number of benzene rings is 2. The van der Waals surface area contributed by atoms with Crippen LogP contribution in [0.25, 0.3) is 11.3 Å². The van der Waals surface area contributed by atoms with E-state index in [2.05, 4.69) is 52.6 Å². The van der Waals surface area contributed by atoms with Gasteiger partial charge in [-0.25, -0.2) is 9.07 Å². The first kappa shape index (κ1) is 20.3. The molecule has 30 heavy (non-hydrogen) atoms. The van der Waals surface area contributed by atoms with Crippen LogP contribution in [0.3, 0.4) is 0 Å². The molecule has 1 aliphatic heterocycles. The Morgan fingerprint density at radius 2 is 2.03 bits per heavy atom. The second kappa shape index (κ2) is 8.81. The van der Waals surface area contributed by atoms with Crippen LogP contribution >= 0.6 is 11.6 Å². The fraction of sp³-hybridized carbons (Fsp3) is 0.217. The van der Waals surface area contributed by atoms with Crippen LogP contribution in [0.4, 0.5) is 10.1 Å². The predicted molar refractivity (Wildman–Crippen MR) is 117 cm³/mol. The smallest absolute Gasteiger partial charge is 0.238 e. The molecule has 0 saturated carbocycles. The molecule has 0 fully saturated rings. The fourth-order valence-corrected chi connectivity index (χ4v) is 3.64. The molecule has 0 spiro atoms. The Balaban J connectivity index is 1.35. The van der Waals surface area contributed by atoms with E-state index in [9.17, 15) is 9.18 Å². The molecule has 1 aliphatic rings. The van der Waals surface area contributed by atoms with Crippen molar-refractivity contribution in [3.8, 4) is 5.69 Å². The number of carbonyl (C=O) groups is 1. The van der Waals surface area contributed by atoms with Crippen molar-refractivity contribution in [1.29, 1.82) is 0 Å². The summed E-state index contributed by atoms with van der Waals surface area (Å²) < 4.78 is 15.0. The van der Waals surface area contributed by atoms with E-state index < -0.39 is 5.82 Å². The average Bonchev–Trinajstić information content (AvgIpc) is 3.21. The van der Waals surface area contributed by atoms with Crippen molar-refractivity contribution in [1.82, 2.24) is 14.7 Å². The molecule has 0 atom stereocenters. The minimum atomic E-state index is -0.433. The monoisotopic (exact) mass is 424 g/mol. The van der Waals surface area contributed by atoms with Gasteiger partial charge in [-0.15, -0.1) is 0 Å². The number of hydrogen-bond acceptors (Lipinski definition) is 3. The molecule has 0 radical (unpaired) electrons. The van der Waals surface area contributed by atoms with Gasteiger partial charge in [0.1, 0.15) is 5.82 Å². The van der Waals surface area contributed by atoms with Crippen molar-refractivity contribution in [2.24, 2.45) is 0 Å². The molecule has 2 heterocycles. The average molecular weight is 425 g/mol. The standard InChI is InChI=1S/C23H22ClFN4O/c1-16-2-5-20(6-3-16)29-14-18(13-26-29)17-8-10-28(11-9-17)15-23(30)27-22-7-4-19(25)12-21(22)24/h2-8,12-14H,9-11,15H2,1H3,(H,27,30). The SMILES string of the molecule is Cc1ccc(-n2cc(C3=CCN(CC(=O)Nc4ccc(F)cc4Cl)CC3)cn2)cc1. The van der Waals surface area contributed by atoms with Gasteiger partial charge in [0.2, 0.25) is 5.91 Å². The zero-order chi connectivity index (χ0) is 21.1. The van der Waals surface area contributed by atoms with E-state index in [1.165, 1.54) is 29.3 Å². The number of carbonyl (C=O) groups excluding carboxylic acids is 1. The Morgan fingerprint density at radius 1 is 1.23 bits per heavy atom. The van der Waals surface area contributed by atoms with Crippen LogP contribution in [0.5, 0.6) is 0 Å². The van der Waals surface area contributed by atoms with Gasteiger partial charge in [0.05, 0.1) is 29.1 Å². The highest BCUT2D eigenvalue weighted by atomic mass is 35.5. The van der Waals surface area contributed by atoms with Gasteiger partial charge in [0, 0.05) is 24.8 Å². The molecule has 154 valence electrons. The lowest BCUT2D eigenvalue weighted by molar-refractivity contribution is -0.117. The molecule has 0 unspecified atom stereocenters. The normalized spacial score (nSPS) is 14.4. The lowest BCUT2D eigenvalue weighted by atomic mass is 10.0. The molecule has 5 nitrogen and oxygen atoms in total. The van der Waals surface area contributed by atoms with Gasteiger partial charge in [0.25, 0.3) is 0 Å². The Bertz CT molecular complexity index is 1090. The summed E-state index contributed by atoms with van der Waals surface area (Å²) >= 11 is 5.97. The fourth-order valence-electron chi connectivity index (χ4n) is 3.43. The lowest BCUT2D eigenvalue weighted by Crippen LogP contribution is -2.36. The van der Waals surface area contributed by atoms with Crippen molar-refractivity contribution >= 4 is 28.8 Å². The maximum absolute atomic E-state index is 13.1. The van der Waals surface area contributed by atoms with Crippen molar-refractivity contribution < 1.29 is 9.18 Å². The molecule has 0 saturated heterocycles. The number of nitrogens with zero attached hydrogens (tertiary/aromatic N) is 3. The molecule has 1 amide bonds. The maximum atomic E-state index is 13.1.